The van der Waals surface area contributed by atoms with Crippen molar-refractivity contribution in [2.24, 2.45) is 0 Å². The summed E-state index contributed by atoms with van der Waals surface area (Å²) < 4.78 is 10.3. The summed E-state index contributed by atoms with van der Waals surface area (Å²) in [5, 5.41) is 15.3. The van der Waals surface area contributed by atoms with E-state index in [1.54, 1.807) is 52.0 Å². The van der Waals surface area contributed by atoms with Crippen molar-refractivity contribution in [3.63, 3.8) is 0 Å². The average Bonchev–Trinajstić information content (AvgIpc) is 2.92. The van der Waals surface area contributed by atoms with Gasteiger partial charge in [0.1, 0.15) is 17.7 Å². The van der Waals surface area contributed by atoms with E-state index in [1.807, 2.05) is 30.3 Å². The van der Waals surface area contributed by atoms with Gasteiger partial charge in [-0.2, -0.15) is 0 Å². The molecule has 220 valence electrons. The number of ether oxygens (including phenoxy) is 2. The predicted molar refractivity (Wildman–Crippen MR) is 153 cm³/mol. The fraction of sp³-hybridized carbons (Fsp3) is 0.419. The highest BCUT2D eigenvalue weighted by Crippen LogP contribution is 2.24. The van der Waals surface area contributed by atoms with Crippen molar-refractivity contribution in [1.82, 2.24) is 15.5 Å². The molecular weight excluding hydrogens is 526 g/mol. The monoisotopic (exact) mass is 565 g/mol. The van der Waals surface area contributed by atoms with E-state index < -0.39 is 48.2 Å². The number of esters is 1. The smallest absolute Gasteiger partial charge is 0.408 e. The Morgan fingerprint density at radius 2 is 1.71 bits per heavy atom. The van der Waals surface area contributed by atoms with Gasteiger partial charge in [-0.25, -0.2) is 4.79 Å². The number of hydrogen-bond donors (Lipinski definition) is 3. The van der Waals surface area contributed by atoms with Gasteiger partial charge in [-0.3, -0.25) is 14.4 Å². The predicted octanol–water partition coefficient (Wildman–Crippen LogP) is 2.74. The third-order valence-electron chi connectivity index (χ3n) is 5.78. The van der Waals surface area contributed by atoms with Crippen molar-refractivity contribution >= 4 is 23.9 Å². The van der Waals surface area contributed by atoms with Crippen LogP contribution in [-0.2, 0) is 30.3 Å². The number of alkyl carbamates (subject to hydrolysis) is 1. The average molecular weight is 566 g/mol. The van der Waals surface area contributed by atoms with Crippen LogP contribution >= 0.6 is 0 Å². The number of nitrogens with one attached hydrogen (secondary N) is 2. The summed E-state index contributed by atoms with van der Waals surface area (Å²) in [6, 6.07) is 13.2. The Bertz CT molecular complexity index is 1200. The Kier molecular flexibility index (Phi) is 12.8. The van der Waals surface area contributed by atoms with Gasteiger partial charge in [-0.05, 0) is 51.0 Å². The number of benzene rings is 2. The van der Waals surface area contributed by atoms with Gasteiger partial charge in [0, 0.05) is 25.1 Å². The van der Waals surface area contributed by atoms with Crippen LogP contribution in [0.25, 0.3) is 0 Å². The summed E-state index contributed by atoms with van der Waals surface area (Å²) >= 11 is 0. The maximum atomic E-state index is 14.1. The summed E-state index contributed by atoms with van der Waals surface area (Å²) in [6.45, 7) is 6.31. The molecule has 2 atom stereocenters. The summed E-state index contributed by atoms with van der Waals surface area (Å²) in [6.07, 6.45) is 4.73. The van der Waals surface area contributed by atoms with Crippen LogP contribution in [0.3, 0.4) is 0 Å². The van der Waals surface area contributed by atoms with Crippen LogP contribution in [0, 0.1) is 12.3 Å². The molecule has 41 heavy (non-hydrogen) atoms. The molecule has 0 aliphatic heterocycles. The van der Waals surface area contributed by atoms with E-state index in [2.05, 4.69) is 16.6 Å². The molecule has 0 aliphatic rings. The number of carbonyl (C=O) groups excluding carboxylic acids is 4. The largest absolute Gasteiger partial charge is 0.466 e. The summed E-state index contributed by atoms with van der Waals surface area (Å²) in [7, 11) is 0. The van der Waals surface area contributed by atoms with Crippen LogP contribution < -0.4 is 10.6 Å². The van der Waals surface area contributed by atoms with E-state index in [0.29, 0.717) is 11.1 Å². The van der Waals surface area contributed by atoms with Gasteiger partial charge in [0.15, 0.2) is 0 Å². The third kappa shape index (κ3) is 11.0. The third-order valence-corrected chi connectivity index (χ3v) is 5.78. The van der Waals surface area contributed by atoms with Crippen LogP contribution in [0.5, 0.6) is 0 Å². The maximum Gasteiger partial charge on any atom is 0.408 e. The standard InChI is InChI=1S/C31H39N3O7/c1-6-22-13-15-24(16-14-22)27(28(37)32-18-17-26(36)40-7-2)34(19-20-35)29(38)25(21-23-11-9-8-10-12-23)33-30(39)41-31(3,4)5/h1,8-16,25,27,35H,7,17-21H2,2-5H3,(H,32,37)(H,33,39). The van der Waals surface area contributed by atoms with E-state index in [-0.39, 0.29) is 32.5 Å². The van der Waals surface area contributed by atoms with E-state index in [1.165, 1.54) is 4.90 Å². The summed E-state index contributed by atoms with van der Waals surface area (Å²) in [4.78, 5) is 53.4. The molecule has 0 saturated heterocycles. The summed E-state index contributed by atoms with van der Waals surface area (Å²) in [5.74, 6) is 0.840. The van der Waals surface area contributed by atoms with Gasteiger partial charge in [-0.15, -0.1) is 6.42 Å². The topological polar surface area (TPSA) is 134 Å². The zero-order valence-corrected chi connectivity index (χ0v) is 24.0. The molecule has 2 aromatic carbocycles. The van der Waals surface area contributed by atoms with Gasteiger partial charge >= 0.3 is 12.1 Å². The number of rotatable bonds is 13. The first-order chi connectivity index (χ1) is 19.5. The van der Waals surface area contributed by atoms with Crippen LogP contribution in [0.15, 0.2) is 54.6 Å². The molecule has 2 rings (SSSR count). The van der Waals surface area contributed by atoms with Crippen molar-refractivity contribution in [2.75, 3.05) is 26.3 Å². The number of terminal acetylenes is 1. The molecule has 0 fully saturated rings. The first-order valence-electron chi connectivity index (χ1n) is 13.4. The van der Waals surface area contributed by atoms with Crippen molar-refractivity contribution in [1.29, 1.82) is 0 Å². The minimum absolute atomic E-state index is 0.0264. The van der Waals surface area contributed by atoms with E-state index >= 15 is 0 Å². The lowest BCUT2D eigenvalue weighted by Gasteiger charge is -2.34. The number of nitrogens with zero attached hydrogens (tertiary/aromatic N) is 1. The molecule has 2 aromatic rings. The van der Waals surface area contributed by atoms with E-state index in [4.69, 9.17) is 15.9 Å². The molecule has 3 N–H and O–H groups in total. The Hall–Kier alpha value is -4.36. The normalized spacial score (nSPS) is 12.3. The lowest BCUT2D eigenvalue weighted by Crippen LogP contribution is -2.54. The van der Waals surface area contributed by atoms with Crippen molar-refractivity contribution in [3.05, 3.63) is 71.3 Å². The molecule has 10 heteroatoms. The van der Waals surface area contributed by atoms with Gasteiger partial charge < -0.3 is 30.1 Å². The molecular formula is C31H39N3O7. The van der Waals surface area contributed by atoms with Crippen LogP contribution in [0.1, 0.15) is 56.8 Å². The lowest BCUT2D eigenvalue weighted by molar-refractivity contribution is -0.144. The summed E-state index contributed by atoms with van der Waals surface area (Å²) in [5.41, 5.74) is 0.952. The molecule has 0 radical (unpaired) electrons. The quantitative estimate of drug-likeness (QED) is 0.251. The van der Waals surface area contributed by atoms with Crippen LogP contribution in [0.2, 0.25) is 0 Å². The number of amides is 3. The fourth-order valence-electron chi connectivity index (χ4n) is 4.03. The fourth-order valence-corrected chi connectivity index (χ4v) is 4.03. The number of aliphatic hydroxyl groups is 1. The Morgan fingerprint density at radius 1 is 1.05 bits per heavy atom. The van der Waals surface area contributed by atoms with Gasteiger partial charge in [0.2, 0.25) is 11.8 Å². The SMILES string of the molecule is C#Cc1ccc(C(C(=O)NCCC(=O)OCC)N(CCO)C(=O)C(Cc2ccccc2)NC(=O)OC(C)(C)C)cc1. The molecule has 10 nitrogen and oxygen atoms in total. The molecule has 0 spiro atoms. The second kappa shape index (κ2) is 16.0. The van der Waals surface area contributed by atoms with Crippen molar-refractivity contribution in [3.8, 4) is 12.3 Å². The Morgan fingerprint density at radius 3 is 2.27 bits per heavy atom. The Labute approximate surface area is 241 Å². The van der Waals surface area contributed by atoms with Crippen LogP contribution in [0.4, 0.5) is 4.79 Å². The highest BCUT2D eigenvalue weighted by atomic mass is 16.6. The maximum absolute atomic E-state index is 14.1. The van der Waals surface area contributed by atoms with Crippen molar-refractivity contribution in [2.45, 2.75) is 58.2 Å². The lowest BCUT2D eigenvalue weighted by atomic mass is 9.99. The number of carbonyl (C=O) groups is 4. The van der Waals surface area contributed by atoms with Gasteiger partial charge in [-0.1, -0.05) is 48.4 Å². The number of hydrogen-bond acceptors (Lipinski definition) is 7. The minimum Gasteiger partial charge on any atom is -0.466 e. The van der Waals surface area contributed by atoms with Crippen molar-refractivity contribution < 1.29 is 33.8 Å². The first kappa shape index (κ1) is 32.8. The van der Waals surface area contributed by atoms with E-state index in [0.717, 1.165) is 5.56 Å². The molecule has 2 unspecified atom stereocenters. The highest BCUT2D eigenvalue weighted by Gasteiger charge is 2.36. The second-order valence-electron chi connectivity index (χ2n) is 10.2. The molecule has 0 bridgehead atoms. The van der Waals surface area contributed by atoms with Crippen LogP contribution in [-0.4, -0.2) is 71.8 Å². The second-order valence-corrected chi connectivity index (χ2v) is 10.2. The molecule has 0 saturated carbocycles. The first-order valence-corrected chi connectivity index (χ1v) is 13.4. The molecule has 0 heterocycles. The zero-order valence-electron chi connectivity index (χ0n) is 24.0. The molecule has 0 aromatic heterocycles. The van der Waals surface area contributed by atoms with E-state index in [9.17, 15) is 24.3 Å². The zero-order chi connectivity index (χ0) is 30.4. The van der Waals surface area contributed by atoms with Gasteiger partial charge in [0.25, 0.3) is 0 Å². The van der Waals surface area contributed by atoms with Gasteiger partial charge in [0.05, 0.1) is 19.6 Å². The Balaban J connectivity index is 2.46. The minimum atomic E-state index is -1.21. The molecule has 0 aliphatic carbocycles. The molecule has 3 amide bonds. The number of aliphatic hydroxyl groups excluding tert-OH is 1. The highest BCUT2D eigenvalue weighted by molar-refractivity contribution is 5.92.